The van der Waals surface area contributed by atoms with E-state index in [0.29, 0.717) is 18.4 Å². The Kier molecular flexibility index (Phi) is 6.88. The van der Waals surface area contributed by atoms with E-state index in [9.17, 15) is 4.39 Å². The maximum absolute atomic E-state index is 13.9. The van der Waals surface area contributed by atoms with E-state index in [1.54, 1.807) is 0 Å². The molecule has 0 saturated carbocycles. The fraction of sp³-hybridized carbons (Fsp3) is 0.500. The predicted octanol–water partition coefficient (Wildman–Crippen LogP) is 3.88. The van der Waals surface area contributed by atoms with Gasteiger partial charge >= 0.3 is 0 Å². The highest BCUT2D eigenvalue weighted by molar-refractivity contribution is 9.10. The number of aryl methyl sites for hydroxylation is 1. The summed E-state index contributed by atoms with van der Waals surface area (Å²) in [4.78, 5) is 11.0. The van der Waals surface area contributed by atoms with Crippen molar-refractivity contribution in [2.45, 2.75) is 32.2 Å². The second-order valence-corrected chi connectivity index (χ2v) is 8.02. The van der Waals surface area contributed by atoms with Crippen LogP contribution >= 0.6 is 15.9 Å². The summed E-state index contributed by atoms with van der Waals surface area (Å²) in [6, 6.07) is 5.65. The Bertz CT molecular complexity index is 762. The number of rotatable bonds is 5. The number of guanidine groups is 1. The Hall–Kier alpha value is -1.89. The lowest BCUT2D eigenvalue weighted by atomic mass is 9.93. The van der Waals surface area contributed by atoms with Crippen LogP contribution in [-0.4, -0.2) is 47.1 Å². The lowest BCUT2D eigenvalue weighted by Gasteiger charge is -2.39. The SMILES string of the molecule is CN=C(NCCCc1ccc(Br)cc1F)N1CCC(C)C(n2ccnc2)C1. The first kappa shape index (κ1) is 19.9. The van der Waals surface area contributed by atoms with Crippen LogP contribution in [0.3, 0.4) is 0 Å². The smallest absolute Gasteiger partial charge is 0.193 e. The van der Waals surface area contributed by atoms with Gasteiger partial charge in [-0.15, -0.1) is 0 Å². The molecule has 1 aromatic heterocycles. The molecule has 3 rings (SSSR count). The zero-order valence-electron chi connectivity index (χ0n) is 15.9. The van der Waals surface area contributed by atoms with E-state index in [1.807, 2.05) is 37.9 Å². The molecule has 2 aromatic rings. The fourth-order valence-electron chi connectivity index (χ4n) is 3.63. The average Bonchev–Trinajstić information content (AvgIpc) is 3.18. The van der Waals surface area contributed by atoms with E-state index in [0.717, 1.165) is 48.5 Å². The monoisotopic (exact) mass is 435 g/mol. The van der Waals surface area contributed by atoms with Gasteiger partial charge in [-0.1, -0.05) is 28.9 Å². The van der Waals surface area contributed by atoms with Gasteiger partial charge in [-0.05, 0) is 42.9 Å². The molecule has 7 heteroatoms. The molecule has 0 aliphatic carbocycles. The molecule has 2 atom stereocenters. The normalized spacial score (nSPS) is 20.7. The third-order valence-electron chi connectivity index (χ3n) is 5.26. The molecule has 5 nitrogen and oxygen atoms in total. The first-order chi connectivity index (χ1) is 13.1. The molecule has 1 saturated heterocycles. The maximum atomic E-state index is 13.9. The highest BCUT2D eigenvalue weighted by Gasteiger charge is 2.28. The van der Waals surface area contributed by atoms with Crippen LogP contribution in [0.5, 0.6) is 0 Å². The molecule has 1 aliphatic rings. The zero-order chi connectivity index (χ0) is 19.2. The number of halogens is 2. The molecule has 0 bridgehead atoms. The van der Waals surface area contributed by atoms with E-state index in [2.05, 4.69) is 47.6 Å². The Morgan fingerprint density at radius 1 is 1.44 bits per heavy atom. The summed E-state index contributed by atoms with van der Waals surface area (Å²) in [6.07, 6.45) is 8.44. The third kappa shape index (κ3) is 5.09. The number of aromatic nitrogens is 2. The van der Waals surface area contributed by atoms with Gasteiger partial charge in [0.15, 0.2) is 5.96 Å². The Morgan fingerprint density at radius 2 is 2.30 bits per heavy atom. The van der Waals surface area contributed by atoms with Gasteiger partial charge in [-0.2, -0.15) is 0 Å². The van der Waals surface area contributed by atoms with Crippen LogP contribution in [0.25, 0.3) is 0 Å². The standard InChI is InChI=1S/C20H27BrFN5/c1-15-7-10-26(13-19(15)27-11-9-24-14-27)20(23-2)25-8-3-4-16-5-6-17(21)12-18(16)22/h5-6,9,11-12,14-15,19H,3-4,7-8,10,13H2,1-2H3,(H,23,25). The number of nitrogens with one attached hydrogen (secondary N) is 1. The minimum atomic E-state index is -0.151. The quantitative estimate of drug-likeness (QED) is 0.440. The number of imidazole rings is 1. The topological polar surface area (TPSA) is 45.5 Å². The summed E-state index contributed by atoms with van der Waals surface area (Å²) in [5, 5.41) is 3.44. The molecule has 1 aliphatic heterocycles. The number of aliphatic imine (C=N–C) groups is 1. The largest absolute Gasteiger partial charge is 0.356 e. The molecule has 2 heterocycles. The van der Waals surface area contributed by atoms with E-state index >= 15 is 0 Å². The van der Waals surface area contributed by atoms with Gasteiger partial charge in [-0.3, -0.25) is 4.99 Å². The molecule has 1 fully saturated rings. The average molecular weight is 436 g/mol. The molecule has 146 valence electrons. The summed E-state index contributed by atoms with van der Waals surface area (Å²) in [5.74, 6) is 1.37. The van der Waals surface area contributed by atoms with Crippen molar-refractivity contribution in [1.29, 1.82) is 0 Å². The van der Waals surface area contributed by atoms with Crippen LogP contribution in [0.2, 0.25) is 0 Å². The van der Waals surface area contributed by atoms with Crippen molar-refractivity contribution in [2.24, 2.45) is 10.9 Å². The van der Waals surface area contributed by atoms with Crippen LogP contribution in [0.1, 0.15) is 31.4 Å². The van der Waals surface area contributed by atoms with Crippen LogP contribution < -0.4 is 5.32 Å². The van der Waals surface area contributed by atoms with E-state index < -0.39 is 0 Å². The molecular formula is C20H27BrFN5. The lowest BCUT2D eigenvalue weighted by molar-refractivity contribution is 0.189. The minimum absolute atomic E-state index is 0.151. The molecule has 0 radical (unpaired) electrons. The first-order valence-electron chi connectivity index (χ1n) is 9.45. The molecule has 0 spiro atoms. The number of benzene rings is 1. The number of hydrogen-bond donors (Lipinski definition) is 1. The van der Waals surface area contributed by atoms with Crippen LogP contribution in [0.4, 0.5) is 4.39 Å². The van der Waals surface area contributed by atoms with Gasteiger partial charge in [-0.25, -0.2) is 9.37 Å². The summed E-state index contributed by atoms with van der Waals surface area (Å²) in [5.41, 5.74) is 0.752. The van der Waals surface area contributed by atoms with Gasteiger partial charge in [0.25, 0.3) is 0 Å². The molecular weight excluding hydrogens is 409 g/mol. The molecule has 27 heavy (non-hydrogen) atoms. The molecule has 2 unspecified atom stereocenters. The van der Waals surface area contributed by atoms with Gasteiger partial charge in [0.1, 0.15) is 5.82 Å². The zero-order valence-corrected chi connectivity index (χ0v) is 17.5. The highest BCUT2D eigenvalue weighted by atomic mass is 79.9. The number of likely N-dealkylation sites (tertiary alicyclic amines) is 1. The van der Waals surface area contributed by atoms with Gasteiger partial charge < -0.3 is 14.8 Å². The van der Waals surface area contributed by atoms with Crippen LogP contribution in [0.15, 0.2) is 46.4 Å². The second-order valence-electron chi connectivity index (χ2n) is 7.10. The van der Waals surface area contributed by atoms with Crippen molar-refractivity contribution in [1.82, 2.24) is 19.8 Å². The molecule has 1 N–H and O–H groups in total. The fourth-order valence-corrected chi connectivity index (χ4v) is 3.96. The summed E-state index contributed by atoms with van der Waals surface area (Å²) < 4.78 is 16.9. The second kappa shape index (κ2) is 9.35. The van der Waals surface area contributed by atoms with Crippen molar-refractivity contribution in [2.75, 3.05) is 26.7 Å². The number of piperidine rings is 1. The molecule has 0 amide bonds. The molecule has 1 aromatic carbocycles. The van der Waals surface area contributed by atoms with Crippen LogP contribution in [0, 0.1) is 11.7 Å². The van der Waals surface area contributed by atoms with Crippen molar-refractivity contribution in [3.63, 3.8) is 0 Å². The predicted molar refractivity (Wildman–Crippen MR) is 110 cm³/mol. The lowest BCUT2D eigenvalue weighted by Crippen LogP contribution is -2.49. The van der Waals surface area contributed by atoms with Gasteiger partial charge in [0, 0.05) is 43.5 Å². The van der Waals surface area contributed by atoms with Crippen LogP contribution in [-0.2, 0) is 6.42 Å². The number of hydrogen-bond acceptors (Lipinski definition) is 2. The first-order valence-corrected chi connectivity index (χ1v) is 10.2. The minimum Gasteiger partial charge on any atom is -0.356 e. The van der Waals surface area contributed by atoms with Gasteiger partial charge in [0.2, 0.25) is 0 Å². The van der Waals surface area contributed by atoms with E-state index in [-0.39, 0.29) is 5.82 Å². The number of nitrogens with zero attached hydrogens (tertiary/aromatic N) is 4. The summed E-state index contributed by atoms with van der Waals surface area (Å²) in [6.45, 7) is 4.97. The summed E-state index contributed by atoms with van der Waals surface area (Å²) in [7, 11) is 1.82. The van der Waals surface area contributed by atoms with E-state index in [1.165, 1.54) is 6.07 Å². The Balaban J connectivity index is 1.51. The highest BCUT2D eigenvalue weighted by Crippen LogP contribution is 2.27. The van der Waals surface area contributed by atoms with Crippen molar-refractivity contribution in [3.05, 3.63) is 52.8 Å². The van der Waals surface area contributed by atoms with Crippen molar-refractivity contribution < 1.29 is 4.39 Å². The third-order valence-corrected chi connectivity index (χ3v) is 5.75. The Labute approximate surface area is 168 Å². The van der Waals surface area contributed by atoms with E-state index in [4.69, 9.17) is 0 Å². The van der Waals surface area contributed by atoms with Crippen molar-refractivity contribution >= 4 is 21.9 Å². The van der Waals surface area contributed by atoms with Crippen molar-refractivity contribution in [3.8, 4) is 0 Å². The van der Waals surface area contributed by atoms with Gasteiger partial charge in [0.05, 0.1) is 12.4 Å². The summed E-state index contributed by atoms with van der Waals surface area (Å²) >= 11 is 3.29. The Morgan fingerprint density at radius 3 is 3.00 bits per heavy atom. The maximum Gasteiger partial charge on any atom is 0.193 e.